The fourth-order valence-electron chi connectivity index (χ4n) is 2.25. The van der Waals surface area contributed by atoms with Crippen LogP contribution in [0.2, 0.25) is 0 Å². The molecular formula is C15H20N2O2S. The molecular weight excluding hydrogens is 272 g/mol. The van der Waals surface area contributed by atoms with Crippen LogP contribution in [0.15, 0.2) is 24.3 Å². The molecule has 1 aliphatic carbocycles. The Morgan fingerprint density at radius 2 is 2.10 bits per heavy atom. The maximum atomic E-state index is 5.98. The number of fused-ring (bicyclic) bond motifs is 1. The van der Waals surface area contributed by atoms with E-state index >= 15 is 0 Å². The van der Waals surface area contributed by atoms with Gasteiger partial charge in [0.1, 0.15) is 6.61 Å². The van der Waals surface area contributed by atoms with Crippen LogP contribution >= 0.6 is 12.2 Å². The number of rotatable bonds is 4. The lowest BCUT2D eigenvalue weighted by atomic mass is 10.2. The van der Waals surface area contributed by atoms with Crippen molar-refractivity contribution < 1.29 is 9.47 Å². The van der Waals surface area contributed by atoms with E-state index in [1.807, 2.05) is 24.3 Å². The lowest BCUT2D eigenvalue weighted by Gasteiger charge is -2.32. The van der Waals surface area contributed by atoms with Gasteiger partial charge in [-0.15, -0.1) is 0 Å². The molecule has 108 valence electrons. The summed E-state index contributed by atoms with van der Waals surface area (Å²) >= 11 is 5.46. The monoisotopic (exact) mass is 292 g/mol. The molecule has 0 aromatic heterocycles. The molecule has 0 unspecified atom stereocenters. The smallest absolute Gasteiger partial charge is 0.169 e. The molecule has 5 heteroatoms. The molecule has 0 spiro atoms. The van der Waals surface area contributed by atoms with Crippen molar-refractivity contribution in [3.05, 3.63) is 24.3 Å². The number of para-hydroxylation sites is 2. The minimum Gasteiger partial charge on any atom is -0.486 e. The molecule has 1 N–H and O–H groups in total. The van der Waals surface area contributed by atoms with Gasteiger partial charge >= 0.3 is 0 Å². The molecule has 1 aromatic carbocycles. The van der Waals surface area contributed by atoms with Crippen LogP contribution in [0.3, 0.4) is 0 Å². The quantitative estimate of drug-likeness (QED) is 0.860. The Balaban J connectivity index is 1.58. The highest BCUT2D eigenvalue weighted by Gasteiger charge is 2.26. The number of hydrogen-bond acceptors (Lipinski definition) is 3. The summed E-state index contributed by atoms with van der Waals surface area (Å²) in [7, 11) is 0. The summed E-state index contributed by atoms with van der Waals surface area (Å²) in [5, 5.41) is 4.21. The van der Waals surface area contributed by atoms with E-state index in [9.17, 15) is 0 Å². The zero-order valence-electron chi connectivity index (χ0n) is 11.7. The fourth-order valence-corrected chi connectivity index (χ4v) is 2.62. The van der Waals surface area contributed by atoms with Crippen molar-refractivity contribution in [2.75, 3.05) is 19.7 Å². The van der Waals surface area contributed by atoms with Gasteiger partial charge in [-0.2, -0.15) is 0 Å². The topological polar surface area (TPSA) is 33.7 Å². The van der Waals surface area contributed by atoms with Gasteiger partial charge in [0, 0.05) is 12.6 Å². The lowest BCUT2D eigenvalue weighted by Crippen LogP contribution is -2.47. The average Bonchev–Trinajstić information content (AvgIpc) is 3.28. The van der Waals surface area contributed by atoms with Crippen LogP contribution < -0.4 is 14.8 Å². The maximum absolute atomic E-state index is 5.98. The molecule has 0 radical (unpaired) electrons. The number of likely N-dealkylation sites (N-methyl/N-ethyl adjacent to an activating group) is 1. The van der Waals surface area contributed by atoms with E-state index in [1.165, 1.54) is 12.8 Å². The highest BCUT2D eigenvalue weighted by Crippen LogP contribution is 2.31. The minimum atomic E-state index is 0.0174. The normalized spacial score (nSPS) is 20.4. The molecule has 1 saturated carbocycles. The standard InChI is InChI=1S/C15H20N2O2S/c1-2-17(15(20)16-11-7-8-11)9-12-10-18-13-5-3-4-6-14(13)19-12/h3-6,11-12H,2,7-10H2,1H3,(H,16,20)/t12-/m0/s1. The summed E-state index contributed by atoms with van der Waals surface area (Å²) in [6.07, 6.45) is 2.48. The van der Waals surface area contributed by atoms with Crippen molar-refractivity contribution in [1.29, 1.82) is 0 Å². The zero-order valence-corrected chi connectivity index (χ0v) is 12.5. The molecule has 1 aliphatic heterocycles. The van der Waals surface area contributed by atoms with Gasteiger partial charge in [-0.3, -0.25) is 0 Å². The summed E-state index contributed by atoms with van der Waals surface area (Å²) in [6.45, 7) is 4.31. The second-order valence-corrected chi connectivity index (χ2v) is 5.65. The molecule has 2 aliphatic rings. The van der Waals surface area contributed by atoms with Gasteiger partial charge in [0.25, 0.3) is 0 Å². The van der Waals surface area contributed by atoms with E-state index in [0.717, 1.165) is 29.7 Å². The molecule has 1 heterocycles. The summed E-state index contributed by atoms with van der Waals surface area (Å²) in [5.74, 6) is 1.64. The van der Waals surface area contributed by atoms with Crippen molar-refractivity contribution in [3.63, 3.8) is 0 Å². The van der Waals surface area contributed by atoms with Crippen molar-refractivity contribution in [1.82, 2.24) is 10.2 Å². The van der Waals surface area contributed by atoms with E-state index in [1.54, 1.807) is 0 Å². The minimum absolute atomic E-state index is 0.0174. The van der Waals surface area contributed by atoms with Gasteiger partial charge < -0.3 is 19.7 Å². The number of ether oxygens (including phenoxy) is 2. The van der Waals surface area contributed by atoms with E-state index in [4.69, 9.17) is 21.7 Å². The Labute approximate surface area is 125 Å². The largest absolute Gasteiger partial charge is 0.486 e. The van der Waals surface area contributed by atoms with Gasteiger partial charge in [0.05, 0.1) is 6.54 Å². The molecule has 1 atom stereocenters. The summed E-state index contributed by atoms with van der Waals surface area (Å²) in [6, 6.07) is 8.37. The maximum Gasteiger partial charge on any atom is 0.169 e. The highest BCUT2D eigenvalue weighted by atomic mass is 32.1. The van der Waals surface area contributed by atoms with E-state index in [0.29, 0.717) is 12.6 Å². The predicted molar refractivity (Wildman–Crippen MR) is 82.4 cm³/mol. The Morgan fingerprint density at radius 1 is 1.35 bits per heavy atom. The number of hydrogen-bond donors (Lipinski definition) is 1. The first-order valence-electron chi connectivity index (χ1n) is 7.20. The molecule has 0 saturated heterocycles. The van der Waals surface area contributed by atoms with Crippen molar-refractivity contribution in [2.45, 2.75) is 31.9 Å². The van der Waals surface area contributed by atoms with Crippen LogP contribution in [0.1, 0.15) is 19.8 Å². The molecule has 1 aromatic rings. The van der Waals surface area contributed by atoms with Crippen molar-refractivity contribution in [3.8, 4) is 11.5 Å². The SMILES string of the molecule is CCN(C[C@H]1COc2ccccc2O1)C(=S)NC1CC1. The zero-order chi connectivity index (χ0) is 13.9. The molecule has 0 amide bonds. The van der Waals surface area contributed by atoms with Crippen LogP contribution in [0.25, 0.3) is 0 Å². The van der Waals surface area contributed by atoms with Crippen LogP contribution in [0.4, 0.5) is 0 Å². The third-order valence-corrected chi connectivity index (χ3v) is 3.94. The Morgan fingerprint density at radius 3 is 2.80 bits per heavy atom. The van der Waals surface area contributed by atoms with Crippen molar-refractivity contribution in [2.24, 2.45) is 0 Å². The van der Waals surface area contributed by atoms with Gasteiger partial charge in [0.15, 0.2) is 22.7 Å². The fraction of sp³-hybridized carbons (Fsp3) is 0.533. The Bertz CT molecular complexity index is 491. The van der Waals surface area contributed by atoms with Crippen molar-refractivity contribution >= 4 is 17.3 Å². The third kappa shape index (κ3) is 3.15. The molecule has 3 rings (SSSR count). The first-order valence-corrected chi connectivity index (χ1v) is 7.61. The average molecular weight is 292 g/mol. The second kappa shape index (κ2) is 5.87. The summed E-state index contributed by atoms with van der Waals surface area (Å²) in [5.41, 5.74) is 0. The highest BCUT2D eigenvalue weighted by molar-refractivity contribution is 7.80. The van der Waals surface area contributed by atoms with Gasteiger partial charge in [-0.25, -0.2) is 0 Å². The van der Waals surface area contributed by atoms with Gasteiger partial charge in [-0.1, -0.05) is 12.1 Å². The first kappa shape index (κ1) is 13.5. The number of nitrogens with one attached hydrogen (secondary N) is 1. The lowest BCUT2D eigenvalue weighted by molar-refractivity contribution is 0.0748. The summed E-state index contributed by atoms with van der Waals surface area (Å²) < 4.78 is 11.7. The molecule has 0 bridgehead atoms. The van der Waals surface area contributed by atoms with Gasteiger partial charge in [-0.05, 0) is 44.1 Å². The van der Waals surface area contributed by atoms with Crippen LogP contribution in [-0.4, -0.2) is 41.9 Å². The molecule has 20 heavy (non-hydrogen) atoms. The van der Waals surface area contributed by atoms with E-state index in [2.05, 4.69) is 17.1 Å². The van der Waals surface area contributed by atoms with Crippen LogP contribution in [0.5, 0.6) is 11.5 Å². The predicted octanol–water partition coefficient (Wildman–Crippen LogP) is 2.19. The van der Waals surface area contributed by atoms with Crippen LogP contribution in [-0.2, 0) is 0 Å². The summed E-state index contributed by atoms with van der Waals surface area (Å²) in [4.78, 5) is 2.15. The second-order valence-electron chi connectivity index (χ2n) is 5.26. The third-order valence-electron chi connectivity index (χ3n) is 3.57. The van der Waals surface area contributed by atoms with Gasteiger partial charge in [0.2, 0.25) is 0 Å². The number of nitrogens with zero attached hydrogens (tertiary/aromatic N) is 1. The molecule has 4 nitrogen and oxygen atoms in total. The Kier molecular flexibility index (Phi) is 3.96. The van der Waals surface area contributed by atoms with Crippen LogP contribution in [0, 0.1) is 0 Å². The Hall–Kier alpha value is -1.49. The number of thiocarbonyl (C=S) groups is 1. The first-order chi connectivity index (χ1) is 9.76. The molecule has 1 fully saturated rings. The van der Waals surface area contributed by atoms with E-state index in [-0.39, 0.29) is 6.10 Å². The number of benzene rings is 1. The van der Waals surface area contributed by atoms with E-state index < -0.39 is 0 Å².